The molecule has 7 nitrogen and oxygen atoms in total. The third-order valence-electron chi connectivity index (χ3n) is 5.77. The Morgan fingerprint density at radius 3 is 2.15 bits per heavy atom. The number of para-hydroxylation sites is 1. The van der Waals surface area contributed by atoms with Crippen LogP contribution in [-0.4, -0.2) is 50.2 Å². The van der Waals surface area contributed by atoms with Crippen LogP contribution in [0.2, 0.25) is 0 Å². The minimum Gasteiger partial charge on any atom is -0.465 e. The largest absolute Gasteiger partial charge is 0.465 e. The average molecular weight is 474 g/mol. The summed E-state index contributed by atoms with van der Waals surface area (Å²) in [5.74, 6) is -0.482. The molecule has 0 saturated carbocycles. The van der Waals surface area contributed by atoms with Crippen molar-refractivity contribution in [2.24, 2.45) is 0 Å². The van der Waals surface area contributed by atoms with Crippen molar-refractivity contribution in [2.75, 3.05) is 43.1 Å². The molecule has 8 heteroatoms. The molecule has 3 aromatic carbocycles. The number of esters is 2. The monoisotopic (exact) mass is 473 g/mol. The van der Waals surface area contributed by atoms with E-state index in [-0.39, 0.29) is 0 Å². The van der Waals surface area contributed by atoms with Gasteiger partial charge in [0.05, 0.1) is 28.5 Å². The van der Waals surface area contributed by atoms with E-state index in [1.54, 1.807) is 41.7 Å². The molecule has 1 fully saturated rings. The maximum Gasteiger partial charge on any atom is 0.343 e. The standard InChI is InChI=1S/C26H23N3O4S/c1-32-24(30)18-7-9-19(10-8-18)25(31)33-21-11-12-22-23(17-21)34-26(27-22)29-15-13-28(14-16-29)20-5-3-2-4-6-20/h2-12,17H,13-16H2,1H3. The first-order chi connectivity index (χ1) is 16.6. The summed E-state index contributed by atoms with van der Waals surface area (Å²) in [4.78, 5) is 33.6. The smallest absolute Gasteiger partial charge is 0.343 e. The van der Waals surface area contributed by atoms with Crippen molar-refractivity contribution >= 4 is 44.3 Å². The van der Waals surface area contributed by atoms with Gasteiger partial charge in [-0.05, 0) is 48.5 Å². The Labute approximate surface area is 201 Å². The Bertz CT molecular complexity index is 1310. The Morgan fingerprint density at radius 1 is 0.824 bits per heavy atom. The van der Waals surface area contributed by atoms with Gasteiger partial charge in [-0.3, -0.25) is 0 Å². The molecule has 0 radical (unpaired) electrons. The number of methoxy groups -OCH3 is 1. The topological polar surface area (TPSA) is 72.0 Å². The molecule has 0 spiro atoms. The molecule has 34 heavy (non-hydrogen) atoms. The quantitative estimate of drug-likeness (QED) is 0.309. The van der Waals surface area contributed by atoms with E-state index in [1.807, 2.05) is 18.2 Å². The average Bonchev–Trinajstić information content (AvgIpc) is 3.32. The third-order valence-corrected chi connectivity index (χ3v) is 6.85. The van der Waals surface area contributed by atoms with Gasteiger partial charge in [0.1, 0.15) is 5.75 Å². The minimum atomic E-state index is -0.488. The second-order valence-electron chi connectivity index (χ2n) is 7.89. The van der Waals surface area contributed by atoms with Crippen LogP contribution in [0, 0.1) is 0 Å². The van der Waals surface area contributed by atoms with Crippen LogP contribution in [0.3, 0.4) is 0 Å². The highest BCUT2D eigenvalue weighted by Gasteiger charge is 2.20. The van der Waals surface area contributed by atoms with Gasteiger partial charge in [-0.1, -0.05) is 29.5 Å². The number of ether oxygens (including phenoxy) is 2. The molecular formula is C26H23N3O4S. The number of benzene rings is 3. The molecule has 172 valence electrons. The second-order valence-corrected chi connectivity index (χ2v) is 8.90. The van der Waals surface area contributed by atoms with Crippen molar-refractivity contribution in [1.29, 1.82) is 0 Å². The van der Waals surface area contributed by atoms with Gasteiger partial charge in [-0.15, -0.1) is 0 Å². The fraction of sp³-hybridized carbons (Fsp3) is 0.192. The number of rotatable bonds is 5. The molecule has 1 saturated heterocycles. The first kappa shape index (κ1) is 21.9. The zero-order chi connectivity index (χ0) is 23.5. The van der Waals surface area contributed by atoms with Gasteiger partial charge in [0, 0.05) is 37.9 Å². The SMILES string of the molecule is COC(=O)c1ccc(C(=O)Oc2ccc3nc(N4CCN(c5ccccc5)CC4)sc3c2)cc1. The second kappa shape index (κ2) is 9.52. The Balaban J connectivity index is 1.25. The summed E-state index contributed by atoms with van der Waals surface area (Å²) >= 11 is 1.60. The lowest BCUT2D eigenvalue weighted by atomic mass is 10.1. The zero-order valence-corrected chi connectivity index (χ0v) is 19.5. The number of carbonyl (C=O) groups excluding carboxylic acids is 2. The van der Waals surface area contributed by atoms with Gasteiger partial charge in [-0.25, -0.2) is 14.6 Å². The van der Waals surface area contributed by atoms with E-state index in [2.05, 4.69) is 38.8 Å². The third kappa shape index (κ3) is 4.58. The minimum absolute atomic E-state index is 0.356. The summed E-state index contributed by atoms with van der Waals surface area (Å²) in [6, 6.07) is 22.1. The van der Waals surface area contributed by atoms with Crippen molar-refractivity contribution in [1.82, 2.24) is 4.98 Å². The number of anilines is 2. The maximum atomic E-state index is 12.5. The first-order valence-corrected chi connectivity index (χ1v) is 11.8. The maximum absolute atomic E-state index is 12.5. The van der Waals surface area contributed by atoms with Crippen LogP contribution in [0.15, 0.2) is 72.8 Å². The van der Waals surface area contributed by atoms with Crippen molar-refractivity contribution < 1.29 is 19.1 Å². The lowest BCUT2D eigenvalue weighted by Gasteiger charge is -2.35. The van der Waals surface area contributed by atoms with E-state index in [9.17, 15) is 9.59 Å². The number of carbonyl (C=O) groups is 2. The van der Waals surface area contributed by atoms with Crippen molar-refractivity contribution in [3.8, 4) is 5.75 Å². The van der Waals surface area contributed by atoms with E-state index in [0.717, 1.165) is 41.5 Å². The lowest BCUT2D eigenvalue weighted by Crippen LogP contribution is -2.46. The van der Waals surface area contributed by atoms with E-state index in [0.29, 0.717) is 16.9 Å². The summed E-state index contributed by atoms with van der Waals surface area (Å²) in [6.07, 6.45) is 0. The zero-order valence-electron chi connectivity index (χ0n) is 18.6. The molecule has 1 aliphatic heterocycles. The number of hydrogen-bond acceptors (Lipinski definition) is 8. The molecule has 0 unspecified atom stereocenters. The predicted molar refractivity (Wildman–Crippen MR) is 133 cm³/mol. The van der Waals surface area contributed by atoms with Crippen molar-refractivity contribution in [3.63, 3.8) is 0 Å². The fourth-order valence-electron chi connectivity index (χ4n) is 3.91. The molecule has 1 aliphatic rings. The molecule has 2 heterocycles. The van der Waals surface area contributed by atoms with Crippen LogP contribution in [0.1, 0.15) is 20.7 Å². The molecular weight excluding hydrogens is 450 g/mol. The van der Waals surface area contributed by atoms with Crippen LogP contribution in [-0.2, 0) is 4.74 Å². The molecule has 0 N–H and O–H groups in total. The summed E-state index contributed by atoms with van der Waals surface area (Å²) in [5.41, 5.74) is 2.86. The van der Waals surface area contributed by atoms with Crippen LogP contribution in [0.25, 0.3) is 10.2 Å². The Hall–Kier alpha value is -3.91. The van der Waals surface area contributed by atoms with E-state index >= 15 is 0 Å². The molecule has 4 aromatic rings. The van der Waals surface area contributed by atoms with Crippen molar-refractivity contribution in [2.45, 2.75) is 0 Å². The molecule has 0 bridgehead atoms. The molecule has 0 atom stereocenters. The number of aromatic nitrogens is 1. The first-order valence-electron chi connectivity index (χ1n) is 11.0. The van der Waals surface area contributed by atoms with Gasteiger partial charge in [0.2, 0.25) is 0 Å². The van der Waals surface area contributed by atoms with Gasteiger partial charge < -0.3 is 19.3 Å². The molecule has 0 aliphatic carbocycles. The Morgan fingerprint density at radius 2 is 1.47 bits per heavy atom. The number of thiazole rings is 1. The molecule has 1 aromatic heterocycles. The van der Waals surface area contributed by atoms with Gasteiger partial charge >= 0.3 is 11.9 Å². The normalized spacial score (nSPS) is 13.7. The fourth-order valence-corrected chi connectivity index (χ4v) is 4.96. The van der Waals surface area contributed by atoms with Gasteiger partial charge in [-0.2, -0.15) is 0 Å². The highest BCUT2D eigenvalue weighted by molar-refractivity contribution is 7.22. The van der Waals surface area contributed by atoms with Gasteiger partial charge in [0.25, 0.3) is 0 Å². The summed E-state index contributed by atoms with van der Waals surface area (Å²) in [5, 5.41) is 0.976. The number of piperazine rings is 1. The lowest BCUT2D eigenvalue weighted by molar-refractivity contribution is 0.0599. The molecule has 5 rings (SSSR count). The van der Waals surface area contributed by atoms with Crippen LogP contribution >= 0.6 is 11.3 Å². The van der Waals surface area contributed by atoms with Crippen molar-refractivity contribution in [3.05, 3.63) is 83.9 Å². The Kier molecular flexibility index (Phi) is 6.14. The predicted octanol–water partition coefficient (Wildman–Crippen LogP) is 4.63. The van der Waals surface area contributed by atoms with E-state index in [1.165, 1.54) is 12.8 Å². The highest BCUT2D eigenvalue weighted by Crippen LogP contribution is 2.32. The number of hydrogen-bond donors (Lipinski definition) is 0. The van der Waals surface area contributed by atoms with Crippen LogP contribution in [0.4, 0.5) is 10.8 Å². The number of fused-ring (bicyclic) bond motifs is 1. The summed E-state index contributed by atoms with van der Waals surface area (Å²) in [7, 11) is 1.32. The molecule has 0 amide bonds. The summed E-state index contributed by atoms with van der Waals surface area (Å²) in [6.45, 7) is 3.69. The van der Waals surface area contributed by atoms with E-state index in [4.69, 9.17) is 9.72 Å². The number of nitrogens with zero attached hydrogens (tertiary/aromatic N) is 3. The van der Waals surface area contributed by atoms with Crippen LogP contribution in [0.5, 0.6) is 5.75 Å². The highest BCUT2D eigenvalue weighted by atomic mass is 32.1. The van der Waals surface area contributed by atoms with Gasteiger partial charge in [0.15, 0.2) is 5.13 Å². The van der Waals surface area contributed by atoms with Crippen LogP contribution < -0.4 is 14.5 Å². The van der Waals surface area contributed by atoms with E-state index < -0.39 is 11.9 Å². The summed E-state index contributed by atoms with van der Waals surface area (Å²) < 4.78 is 11.2.